The molecular formula is C12H19F2N3O2. The van der Waals surface area contributed by atoms with E-state index in [9.17, 15) is 8.78 Å². The second-order valence-electron chi connectivity index (χ2n) is 4.64. The molecule has 0 unspecified atom stereocenters. The van der Waals surface area contributed by atoms with Crippen molar-refractivity contribution in [3.05, 3.63) is 11.8 Å². The van der Waals surface area contributed by atoms with Crippen molar-refractivity contribution in [3.8, 4) is 0 Å². The summed E-state index contributed by atoms with van der Waals surface area (Å²) in [5.74, 6) is 1.04. The van der Waals surface area contributed by atoms with Crippen molar-refractivity contribution in [2.75, 3.05) is 19.8 Å². The number of aryl methyl sites for hydroxylation is 1. The zero-order chi connectivity index (χ0) is 13.5. The number of nitrogens with zero attached hydrogens (tertiary/aromatic N) is 2. The fourth-order valence-corrected chi connectivity index (χ4v) is 1.66. The van der Waals surface area contributed by atoms with Crippen molar-refractivity contribution < 1.29 is 17.9 Å². The SMILES string of the molecule is FC(F)COCCc1nnc(CCCNC2CC2)o1. The van der Waals surface area contributed by atoms with Gasteiger partial charge in [-0.05, 0) is 25.8 Å². The number of aromatic nitrogens is 2. The van der Waals surface area contributed by atoms with Gasteiger partial charge in [-0.15, -0.1) is 10.2 Å². The van der Waals surface area contributed by atoms with Crippen LogP contribution in [0.1, 0.15) is 31.0 Å². The molecule has 5 nitrogen and oxygen atoms in total. The van der Waals surface area contributed by atoms with E-state index in [1.165, 1.54) is 12.8 Å². The first kappa shape index (κ1) is 14.3. The van der Waals surface area contributed by atoms with Crippen LogP contribution in [0.25, 0.3) is 0 Å². The van der Waals surface area contributed by atoms with Crippen LogP contribution in [0.2, 0.25) is 0 Å². The standard InChI is InChI=1S/C12H19F2N3O2/c13-10(14)8-18-7-5-12-17-16-11(19-12)2-1-6-15-9-3-4-9/h9-10,15H,1-8H2. The maximum absolute atomic E-state index is 11.8. The molecule has 19 heavy (non-hydrogen) atoms. The highest BCUT2D eigenvalue weighted by atomic mass is 19.3. The normalized spacial score (nSPS) is 15.3. The van der Waals surface area contributed by atoms with E-state index in [1.54, 1.807) is 0 Å². The Morgan fingerprint density at radius 3 is 2.68 bits per heavy atom. The molecule has 0 atom stereocenters. The molecule has 1 aromatic heterocycles. The monoisotopic (exact) mass is 275 g/mol. The number of nitrogens with one attached hydrogen (secondary N) is 1. The van der Waals surface area contributed by atoms with Gasteiger partial charge < -0.3 is 14.5 Å². The molecule has 0 aliphatic heterocycles. The van der Waals surface area contributed by atoms with Crippen LogP contribution in [0.3, 0.4) is 0 Å². The van der Waals surface area contributed by atoms with Crippen LogP contribution >= 0.6 is 0 Å². The van der Waals surface area contributed by atoms with E-state index in [0.29, 0.717) is 24.2 Å². The lowest BCUT2D eigenvalue weighted by atomic mass is 10.3. The highest BCUT2D eigenvalue weighted by Gasteiger charge is 2.19. The van der Waals surface area contributed by atoms with E-state index >= 15 is 0 Å². The average molecular weight is 275 g/mol. The van der Waals surface area contributed by atoms with E-state index in [1.807, 2.05) is 0 Å². The highest BCUT2D eigenvalue weighted by molar-refractivity contribution is 4.84. The molecule has 1 fully saturated rings. The quantitative estimate of drug-likeness (QED) is 0.657. The zero-order valence-corrected chi connectivity index (χ0v) is 10.8. The minimum Gasteiger partial charge on any atom is -0.425 e. The molecule has 1 heterocycles. The van der Waals surface area contributed by atoms with Gasteiger partial charge in [-0.1, -0.05) is 0 Å². The molecule has 0 radical (unpaired) electrons. The highest BCUT2D eigenvalue weighted by Crippen LogP contribution is 2.18. The molecule has 0 amide bonds. The lowest BCUT2D eigenvalue weighted by Gasteiger charge is -2.00. The van der Waals surface area contributed by atoms with E-state index in [0.717, 1.165) is 19.4 Å². The fourth-order valence-electron chi connectivity index (χ4n) is 1.66. The van der Waals surface area contributed by atoms with Crippen molar-refractivity contribution in [1.82, 2.24) is 15.5 Å². The minimum absolute atomic E-state index is 0.176. The zero-order valence-electron chi connectivity index (χ0n) is 10.8. The summed E-state index contributed by atoms with van der Waals surface area (Å²) in [4.78, 5) is 0. The number of rotatable bonds is 10. The van der Waals surface area contributed by atoms with Crippen LogP contribution < -0.4 is 5.32 Å². The molecule has 0 saturated heterocycles. The maximum Gasteiger partial charge on any atom is 0.261 e. The van der Waals surface area contributed by atoms with Gasteiger partial charge in [-0.2, -0.15) is 0 Å². The van der Waals surface area contributed by atoms with Gasteiger partial charge in [0, 0.05) is 18.9 Å². The molecule has 1 aliphatic carbocycles. The largest absolute Gasteiger partial charge is 0.425 e. The molecule has 7 heteroatoms. The predicted octanol–water partition coefficient (Wildman–Crippen LogP) is 1.58. The summed E-state index contributed by atoms with van der Waals surface area (Å²) in [6.45, 7) is 0.586. The summed E-state index contributed by atoms with van der Waals surface area (Å²) in [5.41, 5.74) is 0. The number of hydrogen-bond donors (Lipinski definition) is 1. The van der Waals surface area contributed by atoms with Crippen molar-refractivity contribution >= 4 is 0 Å². The van der Waals surface area contributed by atoms with Gasteiger partial charge in [-0.25, -0.2) is 8.78 Å². The Hall–Kier alpha value is -1.08. The van der Waals surface area contributed by atoms with Gasteiger partial charge in [0.05, 0.1) is 6.61 Å². The van der Waals surface area contributed by atoms with Crippen molar-refractivity contribution in [2.24, 2.45) is 0 Å². The lowest BCUT2D eigenvalue weighted by molar-refractivity contribution is 0.0173. The van der Waals surface area contributed by atoms with E-state index in [2.05, 4.69) is 15.5 Å². The number of hydrogen-bond acceptors (Lipinski definition) is 5. The summed E-state index contributed by atoms with van der Waals surface area (Å²) in [6.07, 6.45) is 2.20. The predicted molar refractivity (Wildman–Crippen MR) is 64.2 cm³/mol. The second-order valence-corrected chi connectivity index (χ2v) is 4.64. The molecule has 1 saturated carbocycles. The number of halogens is 2. The fraction of sp³-hybridized carbons (Fsp3) is 0.833. The molecule has 108 valence electrons. The van der Waals surface area contributed by atoms with Crippen molar-refractivity contribution in [1.29, 1.82) is 0 Å². The molecule has 0 spiro atoms. The van der Waals surface area contributed by atoms with Gasteiger partial charge in [0.15, 0.2) is 0 Å². The van der Waals surface area contributed by atoms with E-state index in [-0.39, 0.29) is 6.61 Å². The van der Waals surface area contributed by atoms with Crippen LogP contribution in [0.4, 0.5) is 8.78 Å². The first-order chi connectivity index (χ1) is 9.24. The van der Waals surface area contributed by atoms with Gasteiger partial charge in [0.1, 0.15) is 6.61 Å². The Morgan fingerprint density at radius 1 is 1.26 bits per heavy atom. The third-order valence-corrected chi connectivity index (χ3v) is 2.79. The summed E-state index contributed by atoms with van der Waals surface area (Å²) < 4.78 is 33.8. The summed E-state index contributed by atoms with van der Waals surface area (Å²) >= 11 is 0. The third-order valence-electron chi connectivity index (χ3n) is 2.79. The molecule has 0 bridgehead atoms. The van der Waals surface area contributed by atoms with Gasteiger partial charge >= 0.3 is 0 Å². The molecule has 0 aromatic carbocycles. The van der Waals surface area contributed by atoms with Gasteiger partial charge in [-0.3, -0.25) is 0 Å². The minimum atomic E-state index is -2.43. The maximum atomic E-state index is 11.8. The second kappa shape index (κ2) is 7.49. The Balaban J connectivity index is 1.55. The number of alkyl halides is 2. The Bertz CT molecular complexity index is 345. The van der Waals surface area contributed by atoms with Gasteiger partial charge in [0.25, 0.3) is 6.43 Å². The summed E-state index contributed by atoms with van der Waals surface area (Å²) in [7, 11) is 0. The molecule has 1 aliphatic rings. The molecule has 1 N–H and O–H groups in total. The van der Waals surface area contributed by atoms with Crippen LogP contribution in [-0.2, 0) is 17.6 Å². The Morgan fingerprint density at radius 2 is 2.00 bits per heavy atom. The molecular weight excluding hydrogens is 256 g/mol. The first-order valence-electron chi connectivity index (χ1n) is 6.64. The topological polar surface area (TPSA) is 60.2 Å². The van der Waals surface area contributed by atoms with Crippen LogP contribution in [0, 0.1) is 0 Å². The average Bonchev–Trinajstić information content (AvgIpc) is 3.09. The molecule has 2 rings (SSSR count). The van der Waals surface area contributed by atoms with Crippen LogP contribution in [0.5, 0.6) is 0 Å². The van der Waals surface area contributed by atoms with Crippen molar-refractivity contribution in [2.45, 2.75) is 44.6 Å². The summed E-state index contributed by atoms with van der Waals surface area (Å²) in [5, 5.41) is 11.2. The smallest absolute Gasteiger partial charge is 0.261 e. The van der Waals surface area contributed by atoms with Gasteiger partial charge in [0.2, 0.25) is 11.8 Å². The first-order valence-corrected chi connectivity index (χ1v) is 6.64. The summed E-state index contributed by atoms with van der Waals surface area (Å²) in [6, 6.07) is 0.713. The van der Waals surface area contributed by atoms with Crippen LogP contribution in [0.15, 0.2) is 4.42 Å². The molecule has 1 aromatic rings. The Kier molecular flexibility index (Phi) is 5.65. The van der Waals surface area contributed by atoms with Crippen molar-refractivity contribution in [3.63, 3.8) is 0 Å². The third kappa shape index (κ3) is 6.07. The van der Waals surface area contributed by atoms with E-state index in [4.69, 9.17) is 9.15 Å². The van der Waals surface area contributed by atoms with E-state index < -0.39 is 13.0 Å². The number of ether oxygens (including phenoxy) is 1. The Labute approximate surface area is 110 Å². The van der Waals surface area contributed by atoms with Crippen LogP contribution in [-0.4, -0.2) is 42.4 Å². The lowest BCUT2D eigenvalue weighted by Crippen LogP contribution is -2.17.